The molecule has 1 rings (SSSR count). The molecule has 1 aliphatic rings. The second kappa shape index (κ2) is 2.91. The molecule has 0 atom stereocenters. The van der Waals surface area contributed by atoms with Gasteiger partial charge in [-0.05, 0) is 12.8 Å². The van der Waals surface area contributed by atoms with Crippen LogP contribution in [0.2, 0.25) is 0 Å². The summed E-state index contributed by atoms with van der Waals surface area (Å²) in [6.45, 7) is 0. The molecule has 8 heteroatoms. The Morgan fingerprint density at radius 3 is 1.38 bits per heavy atom. The van der Waals surface area contributed by atoms with Gasteiger partial charge in [0.15, 0.2) is 0 Å². The third-order valence-electron chi connectivity index (χ3n) is 1.93. The zero-order valence-electron chi connectivity index (χ0n) is 6.67. The van der Waals surface area contributed by atoms with Crippen molar-refractivity contribution in [1.82, 2.24) is 0 Å². The Bertz CT molecular complexity index is 351. The van der Waals surface area contributed by atoms with Gasteiger partial charge in [0.25, 0.3) is 20.2 Å². The van der Waals surface area contributed by atoms with Crippen LogP contribution < -0.4 is 0 Å². The lowest BCUT2D eigenvalue weighted by Crippen LogP contribution is -2.24. The van der Waals surface area contributed by atoms with Crippen molar-refractivity contribution in [3.63, 3.8) is 0 Å². The van der Waals surface area contributed by atoms with Gasteiger partial charge in [-0.2, -0.15) is 16.8 Å². The molecule has 0 aromatic heterocycles. The molecule has 0 unspecified atom stereocenters. The predicted molar refractivity (Wildman–Crippen MR) is 44.5 cm³/mol. The minimum Gasteiger partial charge on any atom is -0.286 e. The fraction of sp³-hybridized carbons (Fsp3) is 1.00. The Morgan fingerprint density at radius 1 is 0.923 bits per heavy atom. The zero-order chi connectivity index (χ0) is 10.3. The SMILES string of the molecule is O=S(=O)(O)CC1(CS(=O)(=O)O)CC1. The topological polar surface area (TPSA) is 109 Å². The molecule has 1 fully saturated rings. The van der Waals surface area contributed by atoms with Gasteiger partial charge in [-0.1, -0.05) is 0 Å². The first-order valence-electron chi connectivity index (χ1n) is 3.52. The van der Waals surface area contributed by atoms with Gasteiger partial charge in [0.2, 0.25) is 0 Å². The molecule has 0 heterocycles. The third kappa shape index (κ3) is 4.03. The standard InChI is InChI=1S/C5H10O6S2/c6-12(7,8)3-5(1-2-5)4-13(9,10)11/h1-4H2,(H,6,7,8)(H,9,10,11). The van der Waals surface area contributed by atoms with Gasteiger partial charge in [0.1, 0.15) is 0 Å². The van der Waals surface area contributed by atoms with Crippen molar-refractivity contribution in [2.75, 3.05) is 11.5 Å². The minimum absolute atomic E-state index is 0.395. The molecule has 0 aromatic rings. The normalized spacial score (nSPS) is 21.4. The highest BCUT2D eigenvalue weighted by Gasteiger charge is 2.48. The van der Waals surface area contributed by atoms with E-state index in [4.69, 9.17) is 9.11 Å². The zero-order valence-corrected chi connectivity index (χ0v) is 8.31. The first-order valence-corrected chi connectivity index (χ1v) is 6.74. The summed E-state index contributed by atoms with van der Waals surface area (Å²) in [5.41, 5.74) is -0.957. The van der Waals surface area contributed by atoms with Crippen LogP contribution in [0.5, 0.6) is 0 Å². The smallest absolute Gasteiger partial charge is 0.265 e. The molecule has 0 spiro atoms. The van der Waals surface area contributed by atoms with Crippen molar-refractivity contribution < 1.29 is 25.9 Å². The second-order valence-corrected chi connectivity index (χ2v) is 6.36. The summed E-state index contributed by atoms with van der Waals surface area (Å²) in [4.78, 5) is 0. The van der Waals surface area contributed by atoms with E-state index in [0.29, 0.717) is 12.8 Å². The van der Waals surface area contributed by atoms with Crippen molar-refractivity contribution in [2.24, 2.45) is 5.41 Å². The van der Waals surface area contributed by atoms with Crippen LogP contribution in [-0.2, 0) is 20.2 Å². The highest BCUT2D eigenvalue weighted by molar-refractivity contribution is 7.86. The molecule has 6 nitrogen and oxygen atoms in total. The van der Waals surface area contributed by atoms with Crippen molar-refractivity contribution >= 4 is 20.2 Å². The van der Waals surface area contributed by atoms with Crippen molar-refractivity contribution in [1.29, 1.82) is 0 Å². The maximum atomic E-state index is 10.5. The predicted octanol–water partition coefficient (Wildman–Crippen LogP) is -0.458. The van der Waals surface area contributed by atoms with E-state index in [9.17, 15) is 16.8 Å². The van der Waals surface area contributed by atoms with E-state index in [1.165, 1.54) is 0 Å². The molecule has 0 amide bonds. The van der Waals surface area contributed by atoms with Crippen LogP contribution in [0.15, 0.2) is 0 Å². The Labute approximate surface area is 76.5 Å². The summed E-state index contributed by atoms with van der Waals surface area (Å²) in [5.74, 6) is -1.19. The van der Waals surface area contributed by atoms with Crippen LogP contribution >= 0.6 is 0 Å². The van der Waals surface area contributed by atoms with E-state index in [1.54, 1.807) is 0 Å². The third-order valence-corrected chi connectivity index (χ3v) is 3.89. The van der Waals surface area contributed by atoms with Gasteiger partial charge >= 0.3 is 0 Å². The molecule has 1 saturated carbocycles. The highest BCUT2D eigenvalue weighted by atomic mass is 32.2. The molecule has 2 N–H and O–H groups in total. The molecule has 13 heavy (non-hydrogen) atoms. The largest absolute Gasteiger partial charge is 0.286 e. The summed E-state index contributed by atoms with van der Waals surface area (Å²) in [5, 5.41) is 0. The Kier molecular flexibility index (Phi) is 2.44. The summed E-state index contributed by atoms with van der Waals surface area (Å²) in [6, 6.07) is 0. The first kappa shape index (κ1) is 10.9. The van der Waals surface area contributed by atoms with E-state index >= 15 is 0 Å². The van der Waals surface area contributed by atoms with Gasteiger partial charge in [-0.3, -0.25) is 9.11 Å². The lowest BCUT2D eigenvalue weighted by molar-refractivity contribution is 0.451. The molecule has 0 bridgehead atoms. The molecular formula is C5H10O6S2. The number of hydrogen-bond acceptors (Lipinski definition) is 4. The average Bonchev–Trinajstić information content (AvgIpc) is 2.36. The maximum Gasteiger partial charge on any atom is 0.265 e. The Morgan fingerprint density at radius 2 is 1.23 bits per heavy atom. The maximum absolute atomic E-state index is 10.5. The lowest BCUT2D eigenvalue weighted by Gasteiger charge is -2.09. The monoisotopic (exact) mass is 230 g/mol. The molecular weight excluding hydrogens is 220 g/mol. The Balaban J connectivity index is 2.70. The van der Waals surface area contributed by atoms with Gasteiger partial charge in [0.05, 0.1) is 11.5 Å². The summed E-state index contributed by atoms with van der Waals surface area (Å²) in [7, 11) is -8.33. The molecule has 78 valence electrons. The number of hydrogen-bond donors (Lipinski definition) is 2. The van der Waals surface area contributed by atoms with Gasteiger partial charge in [-0.15, -0.1) is 0 Å². The summed E-state index contributed by atoms with van der Waals surface area (Å²) >= 11 is 0. The molecule has 0 saturated heterocycles. The molecule has 0 radical (unpaired) electrons. The van der Waals surface area contributed by atoms with Crippen LogP contribution in [-0.4, -0.2) is 37.4 Å². The van der Waals surface area contributed by atoms with Crippen LogP contribution in [0.3, 0.4) is 0 Å². The van der Waals surface area contributed by atoms with E-state index in [0.717, 1.165) is 0 Å². The Hall–Kier alpha value is -0.180. The van der Waals surface area contributed by atoms with Gasteiger partial charge in [-0.25, -0.2) is 0 Å². The molecule has 0 aromatic carbocycles. The van der Waals surface area contributed by atoms with E-state index in [-0.39, 0.29) is 0 Å². The van der Waals surface area contributed by atoms with Gasteiger partial charge in [0, 0.05) is 5.41 Å². The number of rotatable bonds is 4. The van der Waals surface area contributed by atoms with Crippen LogP contribution in [0.4, 0.5) is 0 Å². The quantitative estimate of drug-likeness (QED) is 0.633. The summed E-state index contributed by atoms with van der Waals surface area (Å²) in [6.07, 6.45) is 0.791. The van der Waals surface area contributed by atoms with E-state index in [1.807, 2.05) is 0 Å². The van der Waals surface area contributed by atoms with Crippen LogP contribution in [0.25, 0.3) is 0 Å². The van der Waals surface area contributed by atoms with E-state index in [2.05, 4.69) is 0 Å². The second-order valence-electron chi connectivity index (χ2n) is 3.45. The van der Waals surface area contributed by atoms with Crippen LogP contribution in [0.1, 0.15) is 12.8 Å². The average molecular weight is 230 g/mol. The lowest BCUT2D eigenvalue weighted by atomic mass is 10.2. The fourth-order valence-electron chi connectivity index (χ4n) is 1.28. The van der Waals surface area contributed by atoms with E-state index < -0.39 is 37.2 Å². The van der Waals surface area contributed by atoms with Crippen LogP contribution in [0, 0.1) is 5.41 Å². The van der Waals surface area contributed by atoms with Crippen molar-refractivity contribution in [3.8, 4) is 0 Å². The summed E-state index contributed by atoms with van der Waals surface area (Å²) < 4.78 is 58.8. The minimum atomic E-state index is -4.17. The van der Waals surface area contributed by atoms with Gasteiger partial charge < -0.3 is 0 Å². The molecule has 0 aliphatic heterocycles. The fourth-order valence-corrected chi connectivity index (χ4v) is 3.74. The first-order chi connectivity index (χ1) is 5.62. The molecule has 1 aliphatic carbocycles. The van der Waals surface area contributed by atoms with Crippen molar-refractivity contribution in [2.45, 2.75) is 12.8 Å². The highest BCUT2D eigenvalue weighted by Crippen LogP contribution is 2.47. The van der Waals surface area contributed by atoms with Crippen molar-refractivity contribution in [3.05, 3.63) is 0 Å².